The predicted molar refractivity (Wildman–Crippen MR) is 85.4 cm³/mol. The number of halogens is 2. The Morgan fingerprint density at radius 2 is 2.10 bits per heavy atom. The van der Waals surface area contributed by atoms with E-state index in [0.29, 0.717) is 21.1 Å². The lowest BCUT2D eigenvalue weighted by atomic mass is 10.3. The van der Waals surface area contributed by atoms with Gasteiger partial charge in [-0.15, -0.1) is 0 Å². The van der Waals surface area contributed by atoms with Crippen molar-refractivity contribution in [3.05, 3.63) is 43.5 Å². The van der Waals surface area contributed by atoms with Gasteiger partial charge in [0.1, 0.15) is 5.69 Å². The van der Waals surface area contributed by atoms with Gasteiger partial charge in [-0.3, -0.25) is 10.1 Å². The Kier molecular flexibility index (Phi) is 4.59. The van der Waals surface area contributed by atoms with Crippen LogP contribution in [0.3, 0.4) is 0 Å². The summed E-state index contributed by atoms with van der Waals surface area (Å²) in [6, 6.07) is 5.09. The molecular weight excluding hydrogens is 362 g/mol. The number of nitrogens with zero attached hydrogens (tertiary/aromatic N) is 3. The van der Waals surface area contributed by atoms with Crippen molar-refractivity contribution in [1.82, 2.24) is 9.97 Å². The van der Waals surface area contributed by atoms with Crippen LogP contribution in [0.15, 0.2) is 22.7 Å². The second-order valence-corrected chi connectivity index (χ2v) is 5.35. The standard InChI is InChI=1S/C12H11BrClN5O2/c1-6-10(19(20)21)11(18-12(15-2)16-6)17-7-3-4-9(14)8(13)5-7/h3-5H,1-2H3,(H2,15,16,17,18). The molecule has 21 heavy (non-hydrogen) atoms. The molecule has 0 unspecified atom stereocenters. The van der Waals surface area contributed by atoms with Gasteiger partial charge in [-0.05, 0) is 41.1 Å². The lowest BCUT2D eigenvalue weighted by Crippen LogP contribution is -2.07. The molecule has 0 aliphatic rings. The van der Waals surface area contributed by atoms with Gasteiger partial charge in [0.05, 0.1) is 9.95 Å². The largest absolute Gasteiger partial charge is 0.357 e. The fraction of sp³-hybridized carbons (Fsp3) is 0.167. The van der Waals surface area contributed by atoms with E-state index in [1.165, 1.54) is 0 Å². The molecule has 0 atom stereocenters. The Morgan fingerprint density at radius 3 is 2.67 bits per heavy atom. The maximum atomic E-state index is 11.2. The Labute approximate surface area is 134 Å². The molecule has 2 N–H and O–H groups in total. The third kappa shape index (κ3) is 3.40. The Bertz CT molecular complexity index is 710. The molecule has 1 aromatic heterocycles. The SMILES string of the molecule is CNc1nc(C)c([N+](=O)[O-])c(Nc2ccc(Cl)c(Br)c2)n1. The number of nitrogens with one attached hydrogen (secondary N) is 2. The minimum atomic E-state index is -0.512. The fourth-order valence-electron chi connectivity index (χ4n) is 1.70. The van der Waals surface area contributed by atoms with Gasteiger partial charge in [-0.25, -0.2) is 4.98 Å². The van der Waals surface area contributed by atoms with E-state index in [9.17, 15) is 10.1 Å². The second-order valence-electron chi connectivity index (χ2n) is 4.09. The maximum absolute atomic E-state index is 11.2. The molecule has 0 aliphatic heterocycles. The van der Waals surface area contributed by atoms with Crippen molar-refractivity contribution in [2.24, 2.45) is 0 Å². The summed E-state index contributed by atoms with van der Waals surface area (Å²) in [5, 5.41) is 17.4. The lowest BCUT2D eigenvalue weighted by Gasteiger charge is -2.10. The van der Waals surface area contributed by atoms with E-state index >= 15 is 0 Å². The first-order chi connectivity index (χ1) is 9.92. The number of rotatable bonds is 4. The number of hydrogen-bond acceptors (Lipinski definition) is 6. The van der Waals surface area contributed by atoms with Crippen LogP contribution >= 0.6 is 27.5 Å². The van der Waals surface area contributed by atoms with Crippen LogP contribution in [0, 0.1) is 17.0 Å². The zero-order chi connectivity index (χ0) is 15.6. The molecule has 2 aromatic rings. The smallest absolute Gasteiger partial charge is 0.332 e. The zero-order valence-electron chi connectivity index (χ0n) is 11.1. The van der Waals surface area contributed by atoms with Crippen molar-refractivity contribution in [3.63, 3.8) is 0 Å². The highest BCUT2D eigenvalue weighted by molar-refractivity contribution is 9.10. The van der Waals surface area contributed by atoms with Crippen LogP contribution < -0.4 is 10.6 Å². The third-order valence-electron chi connectivity index (χ3n) is 2.65. The molecular formula is C12H11BrClN5O2. The quantitative estimate of drug-likeness (QED) is 0.624. The molecule has 2 rings (SSSR count). The summed E-state index contributed by atoms with van der Waals surface area (Å²) in [4.78, 5) is 18.8. The summed E-state index contributed by atoms with van der Waals surface area (Å²) >= 11 is 9.22. The van der Waals surface area contributed by atoms with Crippen LogP contribution in [-0.2, 0) is 0 Å². The molecule has 0 bridgehead atoms. The van der Waals surface area contributed by atoms with Gasteiger partial charge in [-0.2, -0.15) is 4.98 Å². The third-order valence-corrected chi connectivity index (χ3v) is 3.86. The molecule has 0 amide bonds. The summed E-state index contributed by atoms with van der Waals surface area (Å²) < 4.78 is 0.677. The monoisotopic (exact) mass is 371 g/mol. The van der Waals surface area contributed by atoms with Gasteiger partial charge in [-0.1, -0.05) is 11.6 Å². The van der Waals surface area contributed by atoms with Crippen molar-refractivity contribution in [3.8, 4) is 0 Å². The van der Waals surface area contributed by atoms with E-state index in [1.54, 1.807) is 32.2 Å². The summed E-state index contributed by atoms with van der Waals surface area (Å²) in [5.41, 5.74) is 0.726. The van der Waals surface area contributed by atoms with Gasteiger partial charge in [0.15, 0.2) is 0 Å². The second kappa shape index (κ2) is 6.23. The van der Waals surface area contributed by atoms with Crippen molar-refractivity contribution < 1.29 is 4.92 Å². The number of aromatic nitrogens is 2. The minimum Gasteiger partial charge on any atom is -0.357 e. The lowest BCUT2D eigenvalue weighted by molar-refractivity contribution is -0.385. The number of anilines is 3. The van der Waals surface area contributed by atoms with Crippen LogP contribution in [0.5, 0.6) is 0 Å². The first-order valence-electron chi connectivity index (χ1n) is 5.85. The Morgan fingerprint density at radius 1 is 1.38 bits per heavy atom. The highest BCUT2D eigenvalue weighted by Crippen LogP contribution is 2.31. The first-order valence-corrected chi connectivity index (χ1v) is 7.02. The summed E-state index contributed by atoms with van der Waals surface area (Å²) in [6.45, 7) is 1.56. The van der Waals surface area contributed by atoms with Crippen LogP contribution in [-0.4, -0.2) is 21.9 Å². The van der Waals surface area contributed by atoms with E-state index in [0.717, 1.165) is 0 Å². The van der Waals surface area contributed by atoms with Crippen LogP contribution in [0.2, 0.25) is 5.02 Å². The number of benzene rings is 1. The number of aryl methyl sites for hydroxylation is 1. The fourth-order valence-corrected chi connectivity index (χ4v) is 2.19. The van der Waals surface area contributed by atoms with Crippen molar-refractivity contribution in [1.29, 1.82) is 0 Å². The molecule has 1 heterocycles. The maximum Gasteiger partial charge on any atom is 0.332 e. The molecule has 9 heteroatoms. The molecule has 0 saturated heterocycles. The van der Waals surface area contributed by atoms with E-state index in [4.69, 9.17) is 11.6 Å². The average Bonchev–Trinajstić information content (AvgIpc) is 2.41. The van der Waals surface area contributed by atoms with Crippen LogP contribution in [0.25, 0.3) is 0 Å². The van der Waals surface area contributed by atoms with Gasteiger partial charge in [0.25, 0.3) is 0 Å². The minimum absolute atomic E-state index is 0.117. The van der Waals surface area contributed by atoms with Crippen LogP contribution in [0.1, 0.15) is 5.69 Å². The molecule has 0 spiro atoms. The van der Waals surface area contributed by atoms with E-state index < -0.39 is 4.92 Å². The normalized spacial score (nSPS) is 10.3. The van der Waals surface area contributed by atoms with Gasteiger partial charge < -0.3 is 10.6 Å². The molecule has 0 saturated carbocycles. The molecule has 1 aromatic carbocycles. The van der Waals surface area contributed by atoms with E-state index in [1.807, 2.05) is 0 Å². The number of nitro groups is 1. The summed E-state index contributed by atoms with van der Waals surface area (Å²) in [6.07, 6.45) is 0. The van der Waals surface area contributed by atoms with E-state index in [2.05, 4.69) is 36.5 Å². The Hall–Kier alpha value is -1.93. The topological polar surface area (TPSA) is 93.0 Å². The first kappa shape index (κ1) is 15.5. The van der Waals surface area contributed by atoms with Crippen LogP contribution in [0.4, 0.5) is 23.1 Å². The number of hydrogen-bond donors (Lipinski definition) is 2. The Balaban J connectivity index is 2.48. The average molecular weight is 373 g/mol. The van der Waals surface area contributed by atoms with Crippen molar-refractivity contribution in [2.75, 3.05) is 17.7 Å². The summed E-state index contributed by atoms with van der Waals surface area (Å²) in [7, 11) is 1.64. The molecule has 7 nitrogen and oxygen atoms in total. The highest BCUT2D eigenvalue weighted by atomic mass is 79.9. The highest BCUT2D eigenvalue weighted by Gasteiger charge is 2.22. The van der Waals surface area contributed by atoms with Crippen molar-refractivity contribution in [2.45, 2.75) is 6.92 Å². The van der Waals surface area contributed by atoms with E-state index in [-0.39, 0.29) is 17.2 Å². The molecule has 0 fully saturated rings. The molecule has 110 valence electrons. The molecule has 0 aliphatic carbocycles. The van der Waals surface area contributed by atoms with Gasteiger partial charge in [0, 0.05) is 17.2 Å². The van der Waals surface area contributed by atoms with Gasteiger partial charge >= 0.3 is 5.69 Å². The summed E-state index contributed by atoms with van der Waals surface area (Å²) in [5.74, 6) is 0.416. The van der Waals surface area contributed by atoms with Crippen molar-refractivity contribution >= 4 is 50.7 Å². The molecule has 0 radical (unpaired) electrons. The van der Waals surface area contributed by atoms with Gasteiger partial charge in [0.2, 0.25) is 11.8 Å². The predicted octanol–water partition coefficient (Wildman–Crippen LogP) is 3.89. The zero-order valence-corrected chi connectivity index (χ0v) is 13.5.